The molecule has 7 nitrogen and oxygen atoms in total. The number of oxime groups is 1. The molecule has 0 aliphatic rings. The van der Waals surface area contributed by atoms with Gasteiger partial charge in [-0.25, -0.2) is 0 Å². The van der Waals surface area contributed by atoms with Crippen molar-refractivity contribution >= 4 is 53.6 Å². The van der Waals surface area contributed by atoms with Gasteiger partial charge in [-0.2, -0.15) is 0 Å². The molecule has 0 unspecified atom stereocenters. The molecule has 0 saturated heterocycles. The van der Waals surface area contributed by atoms with Crippen LogP contribution in [0.3, 0.4) is 0 Å². The van der Waals surface area contributed by atoms with Crippen LogP contribution in [-0.2, 0) is 18.4 Å². The predicted octanol–water partition coefficient (Wildman–Crippen LogP) is 6.25. The van der Waals surface area contributed by atoms with Crippen molar-refractivity contribution in [1.29, 1.82) is 0 Å². The Morgan fingerprint density at radius 2 is 1.53 bits per heavy atom. The summed E-state index contributed by atoms with van der Waals surface area (Å²) in [6.45, 7) is 2.77. The van der Waals surface area contributed by atoms with Gasteiger partial charge < -0.3 is 18.6 Å². The Hall–Kier alpha value is -1.60. The fraction of sp³-hybridized carbons (Fsp3) is 0.263. The van der Waals surface area contributed by atoms with Gasteiger partial charge in [-0.15, -0.1) is 0 Å². The van der Waals surface area contributed by atoms with E-state index in [-0.39, 0.29) is 24.0 Å². The minimum Gasteiger partial charge on any atom is -0.485 e. The molecule has 0 saturated carbocycles. The summed E-state index contributed by atoms with van der Waals surface area (Å²) in [5.74, 6) is -0.187. The molecule has 30 heavy (non-hydrogen) atoms. The van der Waals surface area contributed by atoms with E-state index in [0.29, 0.717) is 15.8 Å². The van der Waals surface area contributed by atoms with Crippen LogP contribution in [0.1, 0.15) is 13.8 Å². The summed E-state index contributed by atoms with van der Waals surface area (Å²) in [6, 6.07) is 10.7. The number of benzene rings is 2. The number of ketones is 1. The number of ether oxygens (including phenoxy) is 1. The molecule has 162 valence electrons. The largest absolute Gasteiger partial charge is 0.485 e. The first kappa shape index (κ1) is 24.7. The average Bonchev–Trinajstić information content (AvgIpc) is 2.70. The van der Waals surface area contributed by atoms with Crippen molar-refractivity contribution in [3.05, 3.63) is 57.5 Å². The average molecular weight is 495 g/mol. The minimum absolute atomic E-state index is 0.0260. The highest BCUT2D eigenvalue weighted by atomic mass is 35.5. The van der Waals surface area contributed by atoms with Gasteiger partial charge in [0.25, 0.3) is 0 Å². The number of halogens is 3. The molecule has 0 bridgehead atoms. The van der Waals surface area contributed by atoms with E-state index in [9.17, 15) is 9.36 Å². The van der Waals surface area contributed by atoms with Crippen LogP contribution >= 0.6 is 42.4 Å². The van der Waals surface area contributed by atoms with Crippen LogP contribution in [-0.4, -0.2) is 31.1 Å². The molecular formula is C19H19Cl3NO6P. The van der Waals surface area contributed by atoms with E-state index in [1.165, 1.54) is 30.3 Å². The molecule has 0 spiro atoms. The highest BCUT2D eigenvalue weighted by molar-refractivity contribution is 7.75. The Labute approximate surface area is 189 Å². The van der Waals surface area contributed by atoms with Crippen molar-refractivity contribution in [2.75, 3.05) is 19.8 Å². The molecule has 2 rings (SSSR count). The molecule has 2 aromatic rings. The highest BCUT2D eigenvalue weighted by Gasteiger charge is 2.38. The van der Waals surface area contributed by atoms with Gasteiger partial charge in [0.15, 0.2) is 12.4 Å². The van der Waals surface area contributed by atoms with Gasteiger partial charge >= 0.3 is 7.60 Å². The molecule has 0 aliphatic carbocycles. The topological polar surface area (TPSA) is 83.4 Å². The van der Waals surface area contributed by atoms with Crippen LogP contribution in [0.15, 0.2) is 47.6 Å². The van der Waals surface area contributed by atoms with Crippen molar-refractivity contribution in [3.63, 3.8) is 0 Å². The number of hydrogen-bond donors (Lipinski definition) is 0. The summed E-state index contributed by atoms with van der Waals surface area (Å²) in [7, 11) is -4.05. The van der Waals surface area contributed by atoms with Crippen LogP contribution in [0.25, 0.3) is 0 Å². The third-order valence-corrected chi connectivity index (χ3v) is 6.46. The van der Waals surface area contributed by atoms with E-state index >= 15 is 0 Å². The van der Waals surface area contributed by atoms with E-state index in [0.717, 1.165) is 0 Å². The molecule has 0 amide bonds. The first-order valence-electron chi connectivity index (χ1n) is 8.80. The van der Waals surface area contributed by atoms with Crippen LogP contribution in [0.4, 0.5) is 0 Å². The predicted molar refractivity (Wildman–Crippen MR) is 117 cm³/mol. The normalized spacial score (nSPS) is 12.0. The van der Waals surface area contributed by atoms with E-state index in [1.807, 2.05) is 0 Å². The Bertz CT molecular complexity index is 942. The number of nitrogens with zero attached hydrogens (tertiary/aromatic N) is 1. The first-order valence-corrected chi connectivity index (χ1v) is 11.5. The number of hydrogen-bond acceptors (Lipinski definition) is 7. The van der Waals surface area contributed by atoms with Gasteiger partial charge in [-0.05, 0) is 50.2 Å². The zero-order chi connectivity index (χ0) is 22.1. The molecule has 0 aromatic heterocycles. The quantitative estimate of drug-likeness (QED) is 0.208. The first-order chi connectivity index (χ1) is 14.3. The summed E-state index contributed by atoms with van der Waals surface area (Å²) in [5, 5.41) is 4.85. The molecule has 11 heteroatoms. The Balaban J connectivity index is 2.26. The maximum Gasteiger partial charge on any atom is 0.386 e. The summed E-state index contributed by atoms with van der Waals surface area (Å²) in [6.07, 6.45) is 0. The van der Waals surface area contributed by atoms with Crippen LogP contribution in [0.2, 0.25) is 15.1 Å². The smallest absolute Gasteiger partial charge is 0.386 e. The number of carbonyl (C=O) groups is 1. The lowest BCUT2D eigenvalue weighted by Crippen LogP contribution is -2.24. The molecule has 2 aromatic carbocycles. The molecule has 0 atom stereocenters. The summed E-state index contributed by atoms with van der Waals surface area (Å²) in [5.41, 5.74) is -0.527. The third kappa shape index (κ3) is 6.98. The summed E-state index contributed by atoms with van der Waals surface area (Å²) in [4.78, 5) is 18.0. The van der Waals surface area contributed by atoms with Gasteiger partial charge in [0.1, 0.15) is 5.75 Å². The highest BCUT2D eigenvalue weighted by Crippen LogP contribution is 2.50. The molecular weight excluding hydrogens is 476 g/mol. The van der Waals surface area contributed by atoms with Crippen LogP contribution in [0.5, 0.6) is 11.5 Å². The van der Waals surface area contributed by atoms with Crippen molar-refractivity contribution < 1.29 is 28.0 Å². The monoisotopic (exact) mass is 493 g/mol. The van der Waals surface area contributed by atoms with Crippen molar-refractivity contribution in [3.8, 4) is 11.5 Å². The van der Waals surface area contributed by atoms with Gasteiger partial charge in [0.05, 0.1) is 23.3 Å². The lowest BCUT2D eigenvalue weighted by atomic mass is 10.3. The van der Waals surface area contributed by atoms with Crippen molar-refractivity contribution in [1.82, 2.24) is 0 Å². The zero-order valence-electron chi connectivity index (χ0n) is 16.1. The van der Waals surface area contributed by atoms with E-state index in [1.54, 1.807) is 26.0 Å². The van der Waals surface area contributed by atoms with Crippen LogP contribution < -0.4 is 9.57 Å². The summed E-state index contributed by atoms with van der Waals surface area (Å²) >= 11 is 17.6. The van der Waals surface area contributed by atoms with Gasteiger partial charge in [0.2, 0.25) is 11.2 Å². The fourth-order valence-corrected chi connectivity index (χ4v) is 4.05. The third-order valence-electron chi connectivity index (χ3n) is 3.42. The molecule has 0 radical (unpaired) electrons. The van der Waals surface area contributed by atoms with E-state index in [4.69, 9.17) is 53.4 Å². The van der Waals surface area contributed by atoms with Crippen LogP contribution in [0, 0.1) is 0 Å². The molecule has 0 aliphatic heterocycles. The Morgan fingerprint density at radius 1 is 0.933 bits per heavy atom. The Kier molecular flexibility index (Phi) is 9.62. The van der Waals surface area contributed by atoms with Gasteiger partial charge in [-0.1, -0.05) is 40.0 Å². The number of rotatable bonds is 11. The molecule has 0 heterocycles. The van der Waals surface area contributed by atoms with Gasteiger partial charge in [0, 0.05) is 11.1 Å². The van der Waals surface area contributed by atoms with E-state index in [2.05, 4.69) is 5.16 Å². The zero-order valence-corrected chi connectivity index (χ0v) is 19.3. The number of Topliss-reactive ketones (excluding diaryl/α,β-unsaturated/α-hetero) is 1. The minimum atomic E-state index is -4.05. The fourth-order valence-electron chi connectivity index (χ4n) is 2.12. The second-order valence-corrected chi connectivity index (χ2v) is 8.77. The van der Waals surface area contributed by atoms with Gasteiger partial charge in [-0.3, -0.25) is 9.36 Å². The molecule has 0 fully saturated rings. The van der Waals surface area contributed by atoms with E-state index < -0.39 is 25.4 Å². The lowest BCUT2D eigenvalue weighted by Gasteiger charge is -2.18. The van der Waals surface area contributed by atoms with Crippen molar-refractivity contribution in [2.24, 2.45) is 5.16 Å². The molecule has 0 N–H and O–H groups in total. The maximum atomic E-state index is 13.1. The summed E-state index contributed by atoms with van der Waals surface area (Å²) < 4.78 is 29.0. The SMILES string of the molecule is CCOP(=O)(OCC)C(=NOc1ccc(Cl)cc1)C(=O)COc1ccc(Cl)c(Cl)c1. The lowest BCUT2D eigenvalue weighted by molar-refractivity contribution is -0.114. The standard InChI is InChI=1S/C19H19Cl3NO6P/c1-3-27-30(25,28-4-2)19(23-29-14-7-5-13(20)6-8-14)18(24)12-26-15-9-10-16(21)17(22)11-15/h5-11H,3-4,12H2,1-2H3. The number of carbonyl (C=O) groups excluding carboxylic acids is 1. The second kappa shape index (κ2) is 11.7. The maximum absolute atomic E-state index is 13.1. The Morgan fingerprint density at radius 3 is 2.10 bits per heavy atom. The second-order valence-electron chi connectivity index (χ2n) is 5.58. The van der Waals surface area contributed by atoms with Crippen molar-refractivity contribution in [2.45, 2.75) is 13.8 Å².